The Balaban J connectivity index is 2.41. The van der Waals surface area contributed by atoms with Crippen molar-refractivity contribution in [3.05, 3.63) is 0 Å². The maximum atomic E-state index is 11.3. The molecule has 0 amide bonds. The highest BCUT2D eigenvalue weighted by atomic mass is 32.2. The molecule has 0 aromatic heterocycles. The molecule has 0 aromatic carbocycles. The summed E-state index contributed by atoms with van der Waals surface area (Å²) < 4.78 is 30.0. The second-order valence-electron chi connectivity index (χ2n) is 4.09. The van der Waals surface area contributed by atoms with Crippen molar-refractivity contribution in [1.82, 2.24) is 4.72 Å². The predicted octanol–water partition coefficient (Wildman–Crippen LogP) is 0.657. The fraction of sp³-hybridized carbons (Fsp3) is 0.900. The van der Waals surface area contributed by atoms with Gasteiger partial charge in [0.2, 0.25) is 10.0 Å². The summed E-state index contributed by atoms with van der Waals surface area (Å²) in [6.07, 6.45) is 2.81. The Labute approximate surface area is 96.6 Å². The van der Waals surface area contributed by atoms with Gasteiger partial charge in [-0.15, -0.1) is 0 Å². The Bertz CT molecular complexity index is 331. The Hall–Kier alpha value is -0.620. The minimum atomic E-state index is -3.13. The Morgan fingerprint density at radius 2 is 1.88 bits per heavy atom. The second kappa shape index (κ2) is 5.63. The van der Waals surface area contributed by atoms with Gasteiger partial charge < -0.3 is 4.74 Å². The van der Waals surface area contributed by atoms with Gasteiger partial charge in [-0.2, -0.15) is 0 Å². The third-order valence-corrected chi connectivity index (χ3v) is 4.44. The molecule has 16 heavy (non-hydrogen) atoms. The van der Waals surface area contributed by atoms with Gasteiger partial charge in [-0.25, -0.2) is 13.1 Å². The van der Waals surface area contributed by atoms with E-state index < -0.39 is 10.0 Å². The van der Waals surface area contributed by atoms with Gasteiger partial charge in [-0.3, -0.25) is 4.79 Å². The molecule has 6 heteroatoms. The van der Waals surface area contributed by atoms with E-state index in [0.717, 1.165) is 0 Å². The first-order valence-corrected chi connectivity index (χ1v) is 7.21. The summed E-state index contributed by atoms with van der Waals surface area (Å²) in [7, 11) is -1.75. The van der Waals surface area contributed by atoms with Crippen LogP contribution < -0.4 is 4.72 Å². The van der Waals surface area contributed by atoms with Crippen molar-refractivity contribution in [3.63, 3.8) is 0 Å². The van der Waals surface area contributed by atoms with Gasteiger partial charge >= 0.3 is 5.97 Å². The molecule has 1 rings (SSSR count). The smallest absolute Gasteiger partial charge is 0.308 e. The lowest BCUT2D eigenvalue weighted by Gasteiger charge is -2.27. The van der Waals surface area contributed by atoms with Gasteiger partial charge in [0.25, 0.3) is 0 Å². The van der Waals surface area contributed by atoms with Crippen molar-refractivity contribution in [2.75, 3.05) is 12.9 Å². The van der Waals surface area contributed by atoms with E-state index in [0.29, 0.717) is 25.7 Å². The van der Waals surface area contributed by atoms with Crippen LogP contribution in [-0.4, -0.2) is 33.3 Å². The van der Waals surface area contributed by atoms with Crippen LogP contribution in [0, 0.1) is 5.92 Å². The van der Waals surface area contributed by atoms with Crippen LogP contribution in [0.2, 0.25) is 0 Å². The molecule has 0 radical (unpaired) electrons. The molecule has 1 fully saturated rings. The average molecular weight is 249 g/mol. The van der Waals surface area contributed by atoms with Gasteiger partial charge in [0.05, 0.1) is 18.8 Å². The standard InChI is InChI=1S/C10H19NO4S/c1-3-16(13,14)11-9-6-4-8(5-7-9)10(12)15-2/h8-9,11H,3-7H2,1-2H3. The maximum Gasteiger partial charge on any atom is 0.308 e. The molecule has 0 spiro atoms. The number of hydrogen-bond donors (Lipinski definition) is 1. The third kappa shape index (κ3) is 3.75. The zero-order valence-corrected chi connectivity index (χ0v) is 10.5. The first kappa shape index (κ1) is 13.4. The number of carbonyl (C=O) groups excluding carboxylic acids is 1. The van der Waals surface area contributed by atoms with Gasteiger partial charge in [-0.05, 0) is 32.6 Å². The normalized spacial score (nSPS) is 26.4. The molecule has 0 heterocycles. The molecule has 0 unspecified atom stereocenters. The highest BCUT2D eigenvalue weighted by Gasteiger charge is 2.28. The SMILES string of the molecule is CCS(=O)(=O)NC1CCC(C(=O)OC)CC1. The van der Waals surface area contributed by atoms with Crippen molar-refractivity contribution < 1.29 is 17.9 Å². The van der Waals surface area contributed by atoms with Gasteiger partial charge in [-0.1, -0.05) is 0 Å². The van der Waals surface area contributed by atoms with E-state index in [9.17, 15) is 13.2 Å². The molecule has 0 atom stereocenters. The summed E-state index contributed by atoms with van der Waals surface area (Å²) >= 11 is 0. The summed E-state index contributed by atoms with van der Waals surface area (Å²) in [5, 5.41) is 0. The quantitative estimate of drug-likeness (QED) is 0.743. The molecule has 94 valence electrons. The first-order chi connectivity index (χ1) is 7.48. The monoisotopic (exact) mass is 249 g/mol. The van der Waals surface area contributed by atoms with Crippen molar-refractivity contribution >= 4 is 16.0 Å². The molecule has 1 aliphatic rings. The number of hydrogen-bond acceptors (Lipinski definition) is 4. The lowest BCUT2D eigenvalue weighted by Crippen LogP contribution is -2.39. The number of methoxy groups -OCH3 is 1. The molecule has 0 saturated heterocycles. The Morgan fingerprint density at radius 1 is 1.31 bits per heavy atom. The topological polar surface area (TPSA) is 72.5 Å². The largest absolute Gasteiger partial charge is 0.469 e. The number of rotatable bonds is 4. The fourth-order valence-electron chi connectivity index (χ4n) is 1.95. The van der Waals surface area contributed by atoms with E-state index in [1.807, 2.05) is 0 Å². The zero-order valence-electron chi connectivity index (χ0n) is 9.73. The molecule has 0 aromatic rings. The summed E-state index contributed by atoms with van der Waals surface area (Å²) in [5.74, 6) is -0.145. The van der Waals surface area contributed by atoms with Crippen molar-refractivity contribution in [2.45, 2.75) is 38.6 Å². The van der Waals surface area contributed by atoms with E-state index in [1.165, 1.54) is 7.11 Å². The molecule has 1 saturated carbocycles. The van der Waals surface area contributed by atoms with Crippen LogP contribution in [0.4, 0.5) is 0 Å². The summed E-state index contributed by atoms with van der Waals surface area (Å²) in [6, 6.07) is -0.0224. The van der Waals surface area contributed by atoms with E-state index in [1.54, 1.807) is 6.92 Å². The van der Waals surface area contributed by atoms with Crippen LogP contribution in [0.1, 0.15) is 32.6 Å². The molecule has 5 nitrogen and oxygen atoms in total. The van der Waals surface area contributed by atoms with Crippen LogP contribution in [0.15, 0.2) is 0 Å². The highest BCUT2D eigenvalue weighted by Crippen LogP contribution is 2.25. The lowest BCUT2D eigenvalue weighted by molar-refractivity contribution is -0.146. The molecule has 0 aliphatic heterocycles. The van der Waals surface area contributed by atoms with Gasteiger partial charge in [0.15, 0.2) is 0 Å². The van der Waals surface area contributed by atoms with Crippen LogP contribution in [0.3, 0.4) is 0 Å². The summed E-state index contributed by atoms with van der Waals surface area (Å²) in [4.78, 5) is 11.3. The minimum Gasteiger partial charge on any atom is -0.469 e. The van der Waals surface area contributed by atoms with Crippen LogP contribution in [-0.2, 0) is 19.6 Å². The number of sulfonamides is 1. The summed E-state index contributed by atoms with van der Waals surface area (Å²) in [5.41, 5.74) is 0. The zero-order chi connectivity index (χ0) is 12.2. The van der Waals surface area contributed by atoms with E-state index in [2.05, 4.69) is 9.46 Å². The molecule has 1 aliphatic carbocycles. The Morgan fingerprint density at radius 3 is 2.31 bits per heavy atom. The van der Waals surface area contributed by atoms with E-state index in [4.69, 9.17) is 0 Å². The van der Waals surface area contributed by atoms with Crippen LogP contribution >= 0.6 is 0 Å². The highest BCUT2D eigenvalue weighted by molar-refractivity contribution is 7.89. The predicted molar refractivity (Wildman–Crippen MR) is 60.4 cm³/mol. The van der Waals surface area contributed by atoms with E-state index in [-0.39, 0.29) is 23.7 Å². The van der Waals surface area contributed by atoms with Crippen molar-refractivity contribution in [3.8, 4) is 0 Å². The molecule has 1 N–H and O–H groups in total. The molecule has 0 bridgehead atoms. The average Bonchev–Trinajstić information content (AvgIpc) is 2.28. The number of ether oxygens (including phenoxy) is 1. The fourth-order valence-corrected chi connectivity index (χ4v) is 2.86. The van der Waals surface area contributed by atoms with Crippen molar-refractivity contribution in [1.29, 1.82) is 0 Å². The van der Waals surface area contributed by atoms with Gasteiger partial charge in [0.1, 0.15) is 0 Å². The van der Waals surface area contributed by atoms with E-state index >= 15 is 0 Å². The lowest BCUT2D eigenvalue weighted by atomic mass is 9.86. The minimum absolute atomic E-state index is 0.0224. The van der Waals surface area contributed by atoms with Crippen molar-refractivity contribution in [2.24, 2.45) is 5.92 Å². The third-order valence-electron chi connectivity index (χ3n) is 2.99. The number of esters is 1. The molecular weight excluding hydrogens is 230 g/mol. The van der Waals surface area contributed by atoms with Crippen LogP contribution in [0.5, 0.6) is 0 Å². The molecular formula is C10H19NO4S. The van der Waals surface area contributed by atoms with Crippen LogP contribution in [0.25, 0.3) is 0 Å². The number of nitrogens with one attached hydrogen (secondary N) is 1. The number of carbonyl (C=O) groups is 1. The maximum absolute atomic E-state index is 11.3. The first-order valence-electron chi connectivity index (χ1n) is 5.56. The summed E-state index contributed by atoms with van der Waals surface area (Å²) in [6.45, 7) is 1.61. The Kier molecular flexibility index (Phi) is 4.73. The second-order valence-corrected chi connectivity index (χ2v) is 6.14. The van der Waals surface area contributed by atoms with Gasteiger partial charge in [0, 0.05) is 6.04 Å².